The van der Waals surface area contributed by atoms with Crippen molar-refractivity contribution in [2.24, 2.45) is 0 Å². The molecule has 1 atom stereocenters. The van der Waals surface area contributed by atoms with Crippen LogP contribution in [0.5, 0.6) is 0 Å². The van der Waals surface area contributed by atoms with Gasteiger partial charge in [-0.3, -0.25) is 4.90 Å². The van der Waals surface area contributed by atoms with E-state index in [0.29, 0.717) is 17.6 Å². The lowest BCUT2D eigenvalue weighted by atomic mass is 10.1. The third-order valence-corrected chi connectivity index (χ3v) is 4.52. The fourth-order valence-corrected chi connectivity index (χ4v) is 3.27. The Morgan fingerprint density at radius 3 is 2.64 bits per heavy atom. The lowest BCUT2D eigenvalue weighted by Crippen LogP contribution is -2.22. The van der Waals surface area contributed by atoms with Gasteiger partial charge in [-0.15, -0.1) is 0 Å². The Morgan fingerprint density at radius 1 is 1.32 bits per heavy atom. The Morgan fingerprint density at radius 2 is 2.05 bits per heavy atom. The first-order valence-electron chi connectivity index (χ1n) is 7.79. The van der Waals surface area contributed by atoms with Crippen molar-refractivity contribution in [2.75, 3.05) is 13.1 Å². The first-order valence-corrected chi connectivity index (χ1v) is 8.17. The molecule has 0 amide bonds. The maximum atomic E-state index is 9.71. The van der Waals surface area contributed by atoms with Gasteiger partial charge in [-0.25, -0.2) is 4.68 Å². The van der Waals surface area contributed by atoms with Crippen molar-refractivity contribution in [3.8, 4) is 5.69 Å². The van der Waals surface area contributed by atoms with Crippen molar-refractivity contribution in [2.45, 2.75) is 38.8 Å². The summed E-state index contributed by atoms with van der Waals surface area (Å²) in [6.07, 6.45) is 0.618. The minimum absolute atomic E-state index is 0.217. The molecule has 0 spiro atoms. The maximum absolute atomic E-state index is 9.71. The molecule has 22 heavy (non-hydrogen) atoms. The second-order valence-corrected chi connectivity index (χ2v) is 6.59. The Balaban J connectivity index is 1.96. The molecule has 1 saturated heterocycles. The summed E-state index contributed by atoms with van der Waals surface area (Å²) >= 11 is 6.63. The van der Waals surface area contributed by atoms with E-state index in [-0.39, 0.29) is 6.10 Å². The summed E-state index contributed by atoms with van der Waals surface area (Å²) in [6, 6.07) is 9.97. The first kappa shape index (κ1) is 15.5. The first-order chi connectivity index (χ1) is 10.6. The fourth-order valence-electron chi connectivity index (χ4n) is 2.98. The van der Waals surface area contributed by atoms with E-state index in [2.05, 4.69) is 18.7 Å². The van der Waals surface area contributed by atoms with Crippen molar-refractivity contribution >= 4 is 11.6 Å². The highest BCUT2D eigenvalue weighted by Crippen LogP contribution is 2.30. The molecule has 0 unspecified atom stereocenters. The molecular weight excluding hydrogens is 298 g/mol. The number of aliphatic hydroxyl groups excluding tert-OH is 1. The zero-order valence-corrected chi connectivity index (χ0v) is 13.8. The Labute approximate surface area is 136 Å². The van der Waals surface area contributed by atoms with Crippen molar-refractivity contribution in [1.29, 1.82) is 0 Å². The molecule has 0 aliphatic carbocycles. The number of aromatic nitrogens is 2. The van der Waals surface area contributed by atoms with E-state index < -0.39 is 0 Å². The van der Waals surface area contributed by atoms with Crippen molar-refractivity contribution in [3.05, 3.63) is 46.7 Å². The molecule has 1 aliphatic rings. The summed E-state index contributed by atoms with van der Waals surface area (Å²) in [6.45, 7) is 6.64. The van der Waals surface area contributed by atoms with E-state index in [1.807, 2.05) is 35.0 Å². The predicted octanol–water partition coefficient (Wildman–Crippen LogP) is 3.22. The van der Waals surface area contributed by atoms with Crippen LogP contribution >= 0.6 is 11.6 Å². The lowest BCUT2D eigenvalue weighted by Gasteiger charge is -2.16. The summed E-state index contributed by atoms with van der Waals surface area (Å²) in [4.78, 5) is 2.24. The van der Waals surface area contributed by atoms with Gasteiger partial charge in [-0.2, -0.15) is 5.10 Å². The summed E-state index contributed by atoms with van der Waals surface area (Å²) < 4.78 is 1.82. The van der Waals surface area contributed by atoms with Crippen LogP contribution in [0.3, 0.4) is 0 Å². The highest BCUT2D eigenvalue weighted by Gasteiger charge is 2.25. The van der Waals surface area contributed by atoms with Crippen LogP contribution in [0, 0.1) is 0 Å². The van der Waals surface area contributed by atoms with E-state index in [1.165, 1.54) is 0 Å². The largest absolute Gasteiger partial charge is 0.392 e. The number of benzene rings is 1. The SMILES string of the molecule is CC(C)c1nn(-c2ccccc2)c(Cl)c1CN1CC[C@H](O)C1. The van der Waals surface area contributed by atoms with Gasteiger partial charge >= 0.3 is 0 Å². The minimum atomic E-state index is -0.217. The zero-order chi connectivity index (χ0) is 15.7. The Kier molecular flexibility index (Phi) is 4.52. The van der Waals surface area contributed by atoms with Gasteiger partial charge in [0.25, 0.3) is 0 Å². The smallest absolute Gasteiger partial charge is 0.137 e. The molecule has 0 bridgehead atoms. The average molecular weight is 320 g/mol. The topological polar surface area (TPSA) is 41.3 Å². The molecule has 2 aromatic rings. The average Bonchev–Trinajstić information content (AvgIpc) is 3.05. The molecule has 118 valence electrons. The zero-order valence-electron chi connectivity index (χ0n) is 13.0. The molecular formula is C17H22ClN3O. The van der Waals surface area contributed by atoms with Gasteiger partial charge in [0.2, 0.25) is 0 Å². The quantitative estimate of drug-likeness (QED) is 0.940. The van der Waals surface area contributed by atoms with Gasteiger partial charge in [0.05, 0.1) is 17.5 Å². The minimum Gasteiger partial charge on any atom is -0.392 e. The molecule has 0 saturated carbocycles. The summed E-state index contributed by atoms with van der Waals surface area (Å²) in [7, 11) is 0. The third kappa shape index (κ3) is 3.05. The number of hydrogen-bond acceptors (Lipinski definition) is 3. The van der Waals surface area contributed by atoms with Crippen molar-refractivity contribution < 1.29 is 5.11 Å². The molecule has 4 nitrogen and oxygen atoms in total. The Hall–Kier alpha value is -1.36. The normalized spacial score (nSPS) is 19.2. The monoisotopic (exact) mass is 319 g/mol. The molecule has 1 aromatic carbocycles. The molecule has 2 heterocycles. The number of para-hydroxylation sites is 1. The van der Waals surface area contributed by atoms with Crippen LogP contribution in [0.1, 0.15) is 37.4 Å². The van der Waals surface area contributed by atoms with Crippen LogP contribution < -0.4 is 0 Å². The highest BCUT2D eigenvalue weighted by molar-refractivity contribution is 6.30. The molecule has 1 N–H and O–H groups in total. The number of nitrogens with zero attached hydrogens (tertiary/aromatic N) is 3. The van der Waals surface area contributed by atoms with Crippen LogP contribution in [0.2, 0.25) is 5.15 Å². The van der Waals surface area contributed by atoms with Crippen molar-refractivity contribution in [1.82, 2.24) is 14.7 Å². The van der Waals surface area contributed by atoms with Crippen LogP contribution in [0.15, 0.2) is 30.3 Å². The number of halogens is 1. The second kappa shape index (κ2) is 6.41. The molecule has 1 aromatic heterocycles. The summed E-state index contributed by atoms with van der Waals surface area (Å²) in [5, 5.41) is 15.1. The van der Waals surface area contributed by atoms with Crippen LogP contribution in [0.25, 0.3) is 5.69 Å². The molecule has 0 radical (unpaired) electrons. The van der Waals surface area contributed by atoms with Crippen LogP contribution in [-0.4, -0.2) is 39.0 Å². The van der Waals surface area contributed by atoms with E-state index >= 15 is 0 Å². The number of β-amino-alcohol motifs (C(OH)–C–C–N with tert-alkyl or cyclic N) is 1. The van der Waals surface area contributed by atoms with E-state index in [9.17, 15) is 5.11 Å². The molecule has 3 rings (SSSR count). The summed E-state index contributed by atoms with van der Waals surface area (Å²) in [5.41, 5.74) is 3.09. The van der Waals surface area contributed by atoms with Gasteiger partial charge in [-0.1, -0.05) is 43.6 Å². The van der Waals surface area contributed by atoms with Crippen LogP contribution in [0.4, 0.5) is 0 Å². The van der Waals surface area contributed by atoms with Gasteiger partial charge in [0, 0.05) is 25.2 Å². The van der Waals surface area contributed by atoms with E-state index in [4.69, 9.17) is 16.7 Å². The Bertz CT molecular complexity index is 639. The second-order valence-electron chi connectivity index (χ2n) is 6.23. The number of aliphatic hydroxyl groups is 1. The highest BCUT2D eigenvalue weighted by atomic mass is 35.5. The number of likely N-dealkylation sites (tertiary alicyclic amines) is 1. The lowest BCUT2D eigenvalue weighted by molar-refractivity contribution is 0.174. The molecule has 1 fully saturated rings. The predicted molar refractivity (Wildman–Crippen MR) is 88.6 cm³/mol. The van der Waals surface area contributed by atoms with E-state index in [0.717, 1.165) is 36.5 Å². The number of hydrogen-bond donors (Lipinski definition) is 1. The fraction of sp³-hybridized carbons (Fsp3) is 0.471. The standard InChI is InChI=1S/C17H22ClN3O/c1-12(2)16-15(11-20-9-8-14(22)10-20)17(18)21(19-16)13-6-4-3-5-7-13/h3-7,12,14,22H,8-11H2,1-2H3/t14-/m0/s1. The summed E-state index contributed by atoms with van der Waals surface area (Å²) in [5.74, 6) is 0.310. The van der Waals surface area contributed by atoms with Gasteiger partial charge in [0.15, 0.2) is 0 Å². The van der Waals surface area contributed by atoms with Crippen molar-refractivity contribution in [3.63, 3.8) is 0 Å². The van der Waals surface area contributed by atoms with Gasteiger partial charge < -0.3 is 5.11 Å². The molecule has 5 heteroatoms. The van der Waals surface area contributed by atoms with E-state index in [1.54, 1.807) is 0 Å². The number of rotatable bonds is 4. The maximum Gasteiger partial charge on any atom is 0.137 e. The van der Waals surface area contributed by atoms with Gasteiger partial charge in [0.1, 0.15) is 5.15 Å². The third-order valence-electron chi connectivity index (χ3n) is 4.13. The van der Waals surface area contributed by atoms with Gasteiger partial charge in [-0.05, 0) is 24.5 Å². The van der Waals surface area contributed by atoms with Crippen LogP contribution in [-0.2, 0) is 6.54 Å². The molecule has 1 aliphatic heterocycles.